The van der Waals surface area contributed by atoms with E-state index in [1.54, 1.807) is 19.9 Å². The fourth-order valence-electron chi connectivity index (χ4n) is 4.40. The van der Waals surface area contributed by atoms with E-state index in [1.165, 1.54) is 4.90 Å². The first-order chi connectivity index (χ1) is 19.6. The predicted molar refractivity (Wildman–Crippen MR) is 148 cm³/mol. The average Bonchev–Trinajstić information content (AvgIpc) is 3.44. The molecule has 2 aromatic carbocycles. The lowest BCUT2D eigenvalue weighted by Crippen LogP contribution is -2.47. The van der Waals surface area contributed by atoms with Crippen molar-refractivity contribution in [2.45, 2.75) is 65.5 Å². The molecule has 0 fully saturated rings. The van der Waals surface area contributed by atoms with Crippen LogP contribution in [0.2, 0.25) is 0 Å². The lowest BCUT2D eigenvalue weighted by Gasteiger charge is -2.32. The summed E-state index contributed by atoms with van der Waals surface area (Å²) >= 11 is 0. The van der Waals surface area contributed by atoms with Crippen molar-refractivity contribution in [2.24, 2.45) is 5.92 Å². The molecule has 0 aliphatic rings. The summed E-state index contributed by atoms with van der Waals surface area (Å²) in [6.07, 6.45) is 1.90. The molecule has 3 rings (SSSR count). The Balaban J connectivity index is 1.80. The number of tetrazole rings is 1. The van der Waals surface area contributed by atoms with E-state index in [4.69, 9.17) is 0 Å². The second-order valence-corrected chi connectivity index (χ2v) is 9.85. The van der Waals surface area contributed by atoms with Crippen molar-refractivity contribution < 1.29 is 29.4 Å². The molecule has 0 saturated carbocycles. The third kappa shape index (κ3) is 8.40. The number of aromatic nitrogens is 4. The first kappa shape index (κ1) is 30.9. The Kier molecular flexibility index (Phi) is 11.0. The summed E-state index contributed by atoms with van der Waals surface area (Å²) in [6.45, 7) is 5.53. The third-order valence-corrected chi connectivity index (χ3v) is 6.44. The fraction of sp³-hybridized carbons (Fsp3) is 0.429. The summed E-state index contributed by atoms with van der Waals surface area (Å²) in [6, 6.07) is 13.9. The number of amides is 1. The first-order valence-electron chi connectivity index (χ1n) is 13.4. The number of unbranched alkanes of at least 4 members (excludes halogenated alkanes) is 1. The Hall–Kier alpha value is -4.68. The van der Waals surface area contributed by atoms with Crippen LogP contribution < -0.4 is 0 Å². The van der Waals surface area contributed by atoms with E-state index in [9.17, 15) is 29.6 Å². The summed E-state index contributed by atoms with van der Waals surface area (Å²) < 4.78 is 0. The molecular formula is C28H34N6O7. The van der Waals surface area contributed by atoms with Gasteiger partial charge in [-0.25, -0.2) is 4.79 Å². The number of carboxylic acids is 1. The number of carbonyl (C=O) groups is 3. The van der Waals surface area contributed by atoms with Crippen molar-refractivity contribution in [3.8, 4) is 22.5 Å². The summed E-state index contributed by atoms with van der Waals surface area (Å²) in [4.78, 5) is 54.1. The van der Waals surface area contributed by atoms with Gasteiger partial charge in [-0.15, -0.1) is 20.3 Å². The molecule has 3 aromatic rings. The van der Waals surface area contributed by atoms with Crippen molar-refractivity contribution in [3.63, 3.8) is 0 Å². The third-order valence-electron chi connectivity index (χ3n) is 6.44. The lowest BCUT2D eigenvalue weighted by molar-refractivity contribution is -0.757. The first-order valence-corrected chi connectivity index (χ1v) is 13.4. The van der Waals surface area contributed by atoms with Crippen LogP contribution in [0.25, 0.3) is 22.5 Å². The molecular weight excluding hydrogens is 532 g/mol. The average molecular weight is 567 g/mol. The van der Waals surface area contributed by atoms with Crippen molar-refractivity contribution >= 4 is 17.8 Å². The minimum atomic E-state index is -1.03. The van der Waals surface area contributed by atoms with E-state index < -0.39 is 23.0 Å². The monoisotopic (exact) mass is 566 g/mol. The molecule has 1 aromatic heterocycles. The second kappa shape index (κ2) is 14.6. The summed E-state index contributed by atoms with van der Waals surface area (Å²) in [5.74, 6) is -1.72. The predicted octanol–water partition coefficient (Wildman–Crippen LogP) is 4.26. The lowest BCUT2D eigenvalue weighted by atomic mass is 9.97. The highest BCUT2D eigenvalue weighted by Crippen LogP contribution is 2.30. The SMILES string of the molecule is CCCCC(=O)N(Cc1ccc(-c2ccccc2-c2nnn(C(=O)CCCO[N+](=O)[O-])n2)cc1)[C@@H](C(=O)O)C(C)C. The van der Waals surface area contributed by atoms with E-state index in [1.807, 2.05) is 49.4 Å². The maximum Gasteiger partial charge on any atom is 0.326 e. The van der Waals surface area contributed by atoms with Crippen LogP contribution in [-0.2, 0) is 21.0 Å². The van der Waals surface area contributed by atoms with Crippen LogP contribution in [0.1, 0.15) is 63.2 Å². The van der Waals surface area contributed by atoms with Crippen molar-refractivity contribution in [3.05, 3.63) is 64.2 Å². The number of carbonyl (C=O) groups excluding carboxylic acids is 2. The minimum Gasteiger partial charge on any atom is -0.480 e. The van der Waals surface area contributed by atoms with Gasteiger partial charge >= 0.3 is 5.97 Å². The van der Waals surface area contributed by atoms with Gasteiger partial charge < -0.3 is 14.8 Å². The van der Waals surface area contributed by atoms with E-state index in [0.717, 1.165) is 27.9 Å². The maximum atomic E-state index is 13.0. The van der Waals surface area contributed by atoms with E-state index >= 15 is 0 Å². The Labute approximate surface area is 237 Å². The Morgan fingerprint density at radius 2 is 1.73 bits per heavy atom. The normalized spacial score (nSPS) is 11.7. The van der Waals surface area contributed by atoms with E-state index in [-0.39, 0.29) is 43.6 Å². The number of carboxylic acid groups (broad SMARTS) is 1. The molecule has 41 heavy (non-hydrogen) atoms. The number of aliphatic carboxylic acids is 1. The van der Waals surface area contributed by atoms with Crippen molar-refractivity contribution in [1.29, 1.82) is 0 Å². The zero-order valence-corrected chi connectivity index (χ0v) is 23.3. The highest BCUT2D eigenvalue weighted by Gasteiger charge is 2.32. The Morgan fingerprint density at radius 1 is 1.05 bits per heavy atom. The molecule has 0 bridgehead atoms. The number of hydrogen-bond acceptors (Lipinski definition) is 9. The second-order valence-electron chi connectivity index (χ2n) is 9.85. The zero-order chi connectivity index (χ0) is 29.9. The smallest absolute Gasteiger partial charge is 0.326 e. The molecule has 0 radical (unpaired) electrons. The number of benzene rings is 2. The van der Waals surface area contributed by atoms with Gasteiger partial charge in [-0.3, -0.25) is 9.59 Å². The van der Waals surface area contributed by atoms with Crippen LogP contribution in [0.4, 0.5) is 0 Å². The summed E-state index contributed by atoms with van der Waals surface area (Å²) in [7, 11) is 0. The molecule has 1 atom stereocenters. The topological polar surface area (TPSA) is 171 Å². The zero-order valence-electron chi connectivity index (χ0n) is 23.3. The molecule has 1 heterocycles. The van der Waals surface area contributed by atoms with Crippen LogP contribution in [0.5, 0.6) is 0 Å². The molecule has 0 spiro atoms. The Morgan fingerprint density at radius 3 is 2.34 bits per heavy atom. The molecule has 1 N–H and O–H groups in total. The number of nitrogens with zero attached hydrogens (tertiary/aromatic N) is 6. The minimum absolute atomic E-state index is 0.0513. The summed E-state index contributed by atoms with van der Waals surface area (Å²) in [5, 5.41) is 31.2. The van der Waals surface area contributed by atoms with E-state index in [0.29, 0.717) is 18.4 Å². The van der Waals surface area contributed by atoms with Crippen molar-refractivity contribution in [2.75, 3.05) is 6.61 Å². The molecule has 13 heteroatoms. The number of rotatable bonds is 15. The quantitative estimate of drug-likeness (QED) is 0.159. The standard InChI is InChI=1S/C28H34N6O7/c1-4-5-11-24(35)32(26(19(2)3)28(37)38)18-20-13-15-21(16-14-20)22-9-6-7-10-23(22)27-29-31-33(30-27)25(36)12-8-17-41-34(39)40/h6-7,9-10,13-16,19,26H,4-5,8,11-12,17-18H2,1-3H3,(H,37,38)/t26-/m1/s1. The largest absolute Gasteiger partial charge is 0.480 e. The Bertz CT molecular complexity index is 1360. The molecule has 1 amide bonds. The highest BCUT2D eigenvalue weighted by atomic mass is 16.9. The van der Waals surface area contributed by atoms with Gasteiger partial charge in [0.2, 0.25) is 11.7 Å². The number of hydrogen-bond donors (Lipinski definition) is 1. The molecule has 218 valence electrons. The van der Waals surface area contributed by atoms with Gasteiger partial charge in [0.15, 0.2) is 0 Å². The van der Waals surface area contributed by atoms with Crippen LogP contribution in [0, 0.1) is 16.0 Å². The van der Waals surface area contributed by atoms with Gasteiger partial charge in [0.05, 0.1) is 6.61 Å². The molecule has 0 aliphatic heterocycles. The van der Waals surface area contributed by atoms with Crippen LogP contribution >= 0.6 is 0 Å². The van der Waals surface area contributed by atoms with Gasteiger partial charge in [0.25, 0.3) is 11.0 Å². The van der Waals surface area contributed by atoms with E-state index in [2.05, 4.69) is 20.2 Å². The highest BCUT2D eigenvalue weighted by molar-refractivity contribution is 5.84. The maximum absolute atomic E-state index is 13.0. The van der Waals surface area contributed by atoms with Gasteiger partial charge in [-0.1, -0.05) is 80.5 Å². The fourth-order valence-corrected chi connectivity index (χ4v) is 4.40. The van der Waals surface area contributed by atoms with Gasteiger partial charge in [0, 0.05) is 24.9 Å². The van der Waals surface area contributed by atoms with Gasteiger partial charge in [0.1, 0.15) is 6.04 Å². The molecule has 0 unspecified atom stereocenters. The van der Waals surface area contributed by atoms with Crippen LogP contribution in [0.15, 0.2) is 48.5 Å². The molecule has 0 saturated heterocycles. The van der Waals surface area contributed by atoms with Crippen molar-refractivity contribution in [1.82, 2.24) is 25.1 Å². The van der Waals surface area contributed by atoms with Crippen LogP contribution in [0.3, 0.4) is 0 Å². The van der Waals surface area contributed by atoms with Crippen LogP contribution in [-0.4, -0.2) is 65.7 Å². The molecule has 0 aliphatic carbocycles. The van der Waals surface area contributed by atoms with Gasteiger partial charge in [-0.05, 0) is 40.7 Å². The van der Waals surface area contributed by atoms with Gasteiger partial charge in [-0.2, -0.15) is 0 Å². The molecule has 13 nitrogen and oxygen atoms in total. The summed E-state index contributed by atoms with van der Waals surface area (Å²) in [5.41, 5.74) is 3.04.